The number of hydrogen-bond donors (Lipinski definition) is 3. The van der Waals surface area contributed by atoms with Crippen molar-refractivity contribution in [3.05, 3.63) is 40.3 Å². The molecule has 3 N–H and O–H groups in total. The number of amides is 3. The maximum absolute atomic E-state index is 12.4. The Kier molecular flexibility index (Phi) is 6.47. The van der Waals surface area contributed by atoms with E-state index in [0.717, 1.165) is 4.68 Å². The normalized spacial score (nSPS) is 11.1. The number of aliphatic hydroxyl groups excluding tert-OH is 1. The van der Waals surface area contributed by atoms with Crippen molar-refractivity contribution in [3.63, 3.8) is 0 Å². The van der Waals surface area contributed by atoms with Crippen LogP contribution in [0.1, 0.15) is 31.3 Å². The number of carbonyl (C=O) groups is 3. The lowest BCUT2D eigenvalue weighted by atomic mass is 10.1. The quantitative estimate of drug-likeness (QED) is 0.618. The number of rotatable bonds is 5. The number of aromatic nitrogens is 2. The van der Waals surface area contributed by atoms with Crippen LogP contribution in [0.3, 0.4) is 0 Å². The first-order valence-electron chi connectivity index (χ1n) is 8.52. The molecule has 0 saturated carbocycles. The van der Waals surface area contributed by atoms with Gasteiger partial charge in [0.1, 0.15) is 0 Å². The summed E-state index contributed by atoms with van der Waals surface area (Å²) < 4.78 is 5.88. The van der Waals surface area contributed by atoms with Gasteiger partial charge in [-0.1, -0.05) is 18.2 Å². The average Bonchev–Trinajstić information content (AvgIpc) is 2.60. The maximum Gasteiger partial charge on any atom is 0.359 e. The number of urea groups is 1. The fraction of sp³-hybridized carbons (Fsp3) is 0.389. The second-order valence-electron chi connectivity index (χ2n) is 6.97. The Morgan fingerprint density at radius 3 is 2.43 bits per heavy atom. The van der Waals surface area contributed by atoms with Gasteiger partial charge in [0.15, 0.2) is 12.3 Å². The molecule has 0 aliphatic carbocycles. The van der Waals surface area contributed by atoms with Gasteiger partial charge in [0.25, 0.3) is 11.5 Å². The second-order valence-corrected chi connectivity index (χ2v) is 6.97. The molecule has 0 saturated heterocycles. The van der Waals surface area contributed by atoms with Crippen LogP contribution in [-0.4, -0.2) is 51.5 Å². The zero-order chi connectivity index (χ0) is 20.9. The van der Waals surface area contributed by atoms with E-state index in [9.17, 15) is 19.2 Å². The first kappa shape index (κ1) is 21.0. The average molecular weight is 390 g/mol. The summed E-state index contributed by atoms with van der Waals surface area (Å²) >= 11 is 0. The number of aliphatic hydroxyl groups is 1. The molecule has 1 aromatic carbocycles. The van der Waals surface area contributed by atoms with Crippen LogP contribution in [0, 0.1) is 0 Å². The molecular formula is C18H22N4O6. The Morgan fingerprint density at radius 1 is 1.18 bits per heavy atom. The fourth-order valence-corrected chi connectivity index (χ4v) is 2.37. The van der Waals surface area contributed by atoms with E-state index in [0.29, 0.717) is 0 Å². The van der Waals surface area contributed by atoms with Gasteiger partial charge in [-0.25, -0.2) is 14.3 Å². The summed E-state index contributed by atoms with van der Waals surface area (Å²) in [6.07, 6.45) is 0. The van der Waals surface area contributed by atoms with Crippen LogP contribution in [0.15, 0.2) is 29.1 Å². The monoisotopic (exact) mass is 390 g/mol. The number of hydrogen-bond acceptors (Lipinski definition) is 7. The number of esters is 1. The molecule has 10 nitrogen and oxygen atoms in total. The number of nitrogens with one attached hydrogen (secondary N) is 2. The summed E-state index contributed by atoms with van der Waals surface area (Å²) in [5, 5.41) is 18.1. The van der Waals surface area contributed by atoms with Crippen molar-refractivity contribution in [2.45, 2.75) is 32.9 Å². The Morgan fingerprint density at radius 2 is 1.82 bits per heavy atom. The van der Waals surface area contributed by atoms with E-state index in [1.54, 1.807) is 32.9 Å². The third-order valence-electron chi connectivity index (χ3n) is 3.45. The van der Waals surface area contributed by atoms with Gasteiger partial charge in [-0.2, -0.15) is 5.10 Å². The minimum Gasteiger partial charge on any atom is -0.451 e. The summed E-state index contributed by atoms with van der Waals surface area (Å²) in [6, 6.07) is 5.59. The Labute approximate surface area is 160 Å². The molecule has 2 rings (SSSR count). The minimum absolute atomic E-state index is 0.0998. The third-order valence-corrected chi connectivity index (χ3v) is 3.45. The number of carbonyl (C=O) groups excluding carboxylic acids is 3. The van der Waals surface area contributed by atoms with E-state index in [2.05, 4.69) is 10.4 Å². The molecule has 0 radical (unpaired) electrons. The van der Waals surface area contributed by atoms with E-state index in [1.165, 1.54) is 12.1 Å². The van der Waals surface area contributed by atoms with Gasteiger partial charge in [0, 0.05) is 10.9 Å². The Bertz CT molecular complexity index is 961. The molecule has 10 heteroatoms. The van der Waals surface area contributed by atoms with Gasteiger partial charge in [0.2, 0.25) is 0 Å². The molecule has 28 heavy (non-hydrogen) atoms. The van der Waals surface area contributed by atoms with E-state index >= 15 is 0 Å². The Hall–Kier alpha value is -3.27. The third kappa shape index (κ3) is 5.36. The second kappa shape index (κ2) is 8.61. The predicted octanol–water partition coefficient (Wildman–Crippen LogP) is 0.170. The first-order chi connectivity index (χ1) is 13.1. The van der Waals surface area contributed by atoms with E-state index in [-0.39, 0.29) is 29.6 Å². The molecule has 0 fully saturated rings. The Balaban J connectivity index is 2.15. The SMILES string of the molecule is CC(C)(C)NC(=O)NC(=O)COC(=O)c1nn(CCO)c(=O)c2ccccc12. The molecule has 0 aliphatic rings. The molecule has 2 aromatic rings. The highest BCUT2D eigenvalue weighted by molar-refractivity contribution is 6.03. The van der Waals surface area contributed by atoms with Crippen LogP contribution < -0.4 is 16.2 Å². The number of fused-ring (bicyclic) bond motifs is 1. The molecule has 3 amide bonds. The van der Waals surface area contributed by atoms with Gasteiger partial charge >= 0.3 is 12.0 Å². The van der Waals surface area contributed by atoms with Crippen LogP contribution in [-0.2, 0) is 16.1 Å². The van der Waals surface area contributed by atoms with Crippen LogP contribution in [0.4, 0.5) is 4.79 Å². The van der Waals surface area contributed by atoms with Crippen LogP contribution >= 0.6 is 0 Å². The minimum atomic E-state index is -0.936. The first-order valence-corrected chi connectivity index (χ1v) is 8.52. The summed E-state index contributed by atoms with van der Waals surface area (Å²) in [7, 11) is 0. The summed E-state index contributed by atoms with van der Waals surface area (Å²) in [5.74, 6) is -1.75. The van der Waals surface area contributed by atoms with Crippen molar-refractivity contribution in [2.75, 3.05) is 13.2 Å². The summed E-state index contributed by atoms with van der Waals surface area (Å²) in [5.41, 5.74) is -1.17. The summed E-state index contributed by atoms with van der Waals surface area (Å²) in [4.78, 5) is 48.2. The number of nitrogens with zero attached hydrogens (tertiary/aromatic N) is 2. The van der Waals surface area contributed by atoms with Gasteiger partial charge in [-0.3, -0.25) is 14.9 Å². The van der Waals surface area contributed by atoms with Crippen molar-refractivity contribution < 1.29 is 24.2 Å². The van der Waals surface area contributed by atoms with Crippen LogP contribution in [0.25, 0.3) is 10.8 Å². The van der Waals surface area contributed by atoms with Crippen LogP contribution in [0.2, 0.25) is 0 Å². The molecule has 0 aliphatic heterocycles. The van der Waals surface area contributed by atoms with Crippen molar-refractivity contribution in [1.82, 2.24) is 20.4 Å². The van der Waals surface area contributed by atoms with Gasteiger partial charge < -0.3 is 15.2 Å². The maximum atomic E-state index is 12.4. The van der Waals surface area contributed by atoms with Gasteiger partial charge in [0.05, 0.1) is 18.5 Å². The zero-order valence-corrected chi connectivity index (χ0v) is 15.8. The molecule has 1 heterocycles. The van der Waals surface area contributed by atoms with Crippen molar-refractivity contribution in [2.24, 2.45) is 0 Å². The van der Waals surface area contributed by atoms with E-state index < -0.39 is 35.6 Å². The highest BCUT2D eigenvalue weighted by atomic mass is 16.5. The zero-order valence-electron chi connectivity index (χ0n) is 15.8. The molecule has 0 atom stereocenters. The number of imide groups is 1. The number of benzene rings is 1. The number of ether oxygens (including phenoxy) is 1. The van der Waals surface area contributed by atoms with Crippen molar-refractivity contribution >= 4 is 28.7 Å². The van der Waals surface area contributed by atoms with E-state index in [1.807, 2.05) is 5.32 Å². The predicted molar refractivity (Wildman–Crippen MR) is 99.8 cm³/mol. The highest BCUT2D eigenvalue weighted by Gasteiger charge is 2.20. The lowest BCUT2D eigenvalue weighted by molar-refractivity contribution is -0.123. The highest BCUT2D eigenvalue weighted by Crippen LogP contribution is 2.14. The molecule has 0 spiro atoms. The molecule has 150 valence electrons. The van der Waals surface area contributed by atoms with Gasteiger partial charge in [-0.15, -0.1) is 0 Å². The largest absolute Gasteiger partial charge is 0.451 e. The fourth-order valence-electron chi connectivity index (χ4n) is 2.37. The van der Waals surface area contributed by atoms with E-state index in [4.69, 9.17) is 9.84 Å². The topological polar surface area (TPSA) is 140 Å². The standard InChI is InChI=1S/C18H22N4O6/c1-18(2,3)20-17(27)19-13(24)10-28-16(26)14-11-6-4-5-7-12(11)15(25)22(21-14)8-9-23/h4-7,23H,8-10H2,1-3H3,(H2,19,20,24,27). The smallest absolute Gasteiger partial charge is 0.359 e. The molecular weight excluding hydrogens is 368 g/mol. The molecule has 0 unspecified atom stereocenters. The van der Waals surface area contributed by atoms with Crippen molar-refractivity contribution in [3.8, 4) is 0 Å². The van der Waals surface area contributed by atoms with Crippen LogP contribution in [0.5, 0.6) is 0 Å². The molecule has 0 bridgehead atoms. The lowest BCUT2D eigenvalue weighted by Gasteiger charge is -2.20. The lowest BCUT2D eigenvalue weighted by Crippen LogP contribution is -2.49. The summed E-state index contributed by atoms with van der Waals surface area (Å²) in [6.45, 7) is 4.09. The van der Waals surface area contributed by atoms with Gasteiger partial charge in [-0.05, 0) is 26.8 Å². The van der Waals surface area contributed by atoms with Crippen molar-refractivity contribution in [1.29, 1.82) is 0 Å². The molecule has 1 aromatic heterocycles.